The van der Waals surface area contributed by atoms with Crippen LogP contribution in [0.15, 0.2) is 45.5 Å². The second kappa shape index (κ2) is 6.42. The third-order valence-corrected chi connectivity index (χ3v) is 4.61. The van der Waals surface area contributed by atoms with Gasteiger partial charge in [0.05, 0.1) is 22.2 Å². The molecule has 2 amide bonds. The zero-order valence-electron chi connectivity index (χ0n) is 12.8. The van der Waals surface area contributed by atoms with E-state index in [0.717, 1.165) is 0 Å². The zero-order valence-corrected chi connectivity index (χ0v) is 14.3. The zero-order chi connectivity index (χ0) is 17.4. The number of aromatic nitrogens is 2. The maximum atomic E-state index is 12.2. The van der Waals surface area contributed by atoms with Gasteiger partial charge in [-0.1, -0.05) is 28.4 Å². The number of rotatable bonds is 3. The van der Waals surface area contributed by atoms with Crippen LogP contribution in [0.3, 0.4) is 0 Å². The summed E-state index contributed by atoms with van der Waals surface area (Å²) in [6.07, 6.45) is 1.55. The van der Waals surface area contributed by atoms with Crippen molar-refractivity contribution in [2.24, 2.45) is 0 Å². The van der Waals surface area contributed by atoms with Gasteiger partial charge >= 0.3 is 6.03 Å². The van der Waals surface area contributed by atoms with Crippen LogP contribution in [0.25, 0.3) is 11.6 Å². The lowest BCUT2D eigenvalue weighted by Gasteiger charge is -2.36. The first-order valence-corrected chi connectivity index (χ1v) is 8.24. The molecule has 0 spiro atoms. The molecule has 1 fully saturated rings. The van der Waals surface area contributed by atoms with Gasteiger partial charge in [-0.25, -0.2) is 4.79 Å². The van der Waals surface area contributed by atoms with E-state index in [1.54, 1.807) is 41.5 Å². The van der Waals surface area contributed by atoms with E-state index in [-0.39, 0.29) is 11.9 Å². The van der Waals surface area contributed by atoms with Crippen LogP contribution in [-0.4, -0.2) is 34.2 Å². The maximum absolute atomic E-state index is 12.2. The molecule has 4 rings (SSSR count). The minimum atomic E-state index is -0.222. The molecule has 3 aromatic rings. The fourth-order valence-corrected chi connectivity index (χ4v) is 2.78. The lowest BCUT2D eigenvalue weighted by molar-refractivity contribution is 0.147. The number of hydrogen-bond donors (Lipinski definition) is 1. The number of carbonyl (C=O) groups is 1. The quantitative estimate of drug-likeness (QED) is 0.735. The number of likely N-dealkylation sites (tertiary alicyclic amines) is 1. The van der Waals surface area contributed by atoms with Gasteiger partial charge in [0.2, 0.25) is 11.7 Å². The lowest BCUT2D eigenvalue weighted by atomic mass is 10.0. The highest BCUT2D eigenvalue weighted by Gasteiger charge is 2.36. The molecule has 0 aliphatic carbocycles. The number of carbonyl (C=O) groups excluding carboxylic acids is 1. The summed E-state index contributed by atoms with van der Waals surface area (Å²) in [6.45, 7) is 0.986. The molecule has 0 radical (unpaired) electrons. The van der Waals surface area contributed by atoms with Crippen molar-refractivity contribution in [3.63, 3.8) is 0 Å². The first kappa shape index (κ1) is 16.0. The van der Waals surface area contributed by atoms with Gasteiger partial charge in [0.1, 0.15) is 0 Å². The third kappa shape index (κ3) is 3.20. The van der Waals surface area contributed by atoms with Gasteiger partial charge in [-0.3, -0.25) is 0 Å². The summed E-state index contributed by atoms with van der Waals surface area (Å²) in [6, 6.07) is 8.22. The minimum Gasteiger partial charge on any atom is -0.461 e. The molecule has 2 aromatic heterocycles. The molecule has 1 N–H and O–H groups in total. The van der Waals surface area contributed by atoms with Crippen molar-refractivity contribution in [2.45, 2.75) is 5.92 Å². The predicted octanol–water partition coefficient (Wildman–Crippen LogP) is 4.27. The predicted molar refractivity (Wildman–Crippen MR) is 91.8 cm³/mol. The second-order valence-corrected chi connectivity index (χ2v) is 6.41. The number of furan rings is 1. The Balaban J connectivity index is 1.35. The first-order chi connectivity index (χ1) is 12.1. The van der Waals surface area contributed by atoms with Crippen LogP contribution in [-0.2, 0) is 0 Å². The number of benzene rings is 1. The Labute approximate surface area is 152 Å². The molecule has 7 nitrogen and oxygen atoms in total. The number of nitrogens with one attached hydrogen (secondary N) is 1. The topological polar surface area (TPSA) is 84.4 Å². The highest BCUT2D eigenvalue weighted by molar-refractivity contribution is 6.42. The van der Waals surface area contributed by atoms with Crippen LogP contribution in [0.2, 0.25) is 10.0 Å². The SMILES string of the molecule is O=C(Nc1ccc(Cl)c(Cl)c1)N1CC(c2nc(-c3ccco3)no2)C1. The molecule has 128 valence electrons. The number of anilines is 1. The molecule has 9 heteroatoms. The van der Waals surface area contributed by atoms with E-state index in [2.05, 4.69) is 15.5 Å². The van der Waals surface area contributed by atoms with Crippen molar-refractivity contribution >= 4 is 34.9 Å². The molecule has 1 aromatic carbocycles. The van der Waals surface area contributed by atoms with Crippen LogP contribution in [0.4, 0.5) is 10.5 Å². The van der Waals surface area contributed by atoms with Crippen LogP contribution in [0, 0.1) is 0 Å². The van der Waals surface area contributed by atoms with Crippen LogP contribution in [0.1, 0.15) is 11.8 Å². The third-order valence-electron chi connectivity index (χ3n) is 3.87. The highest BCUT2D eigenvalue weighted by atomic mass is 35.5. The summed E-state index contributed by atoms with van der Waals surface area (Å²) in [5.74, 6) is 1.45. The Hall–Kier alpha value is -2.51. The number of amides is 2. The maximum Gasteiger partial charge on any atom is 0.321 e. The number of urea groups is 1. The van der Waals surface area contributed by atoms with E-state index in [0.29, 0.717) is 46.3 Å². The van der Waals surface area contributed by atoms with E-state index < -0.39 is 0 Å². The smallest absolute Gasteiger partial charge is 0.321 e. The first-order valence-electron chi connectivity index (χ1n) is 7.48. The van der Waals surface area contributed by atoms with Crippen molar-refractivity contribution in [1.29, 1.82) is 0 Å². The summed E-state index contributed by atoms with van der Waals surface area (Å²) in [5, 5.41) is 7.49. The number of halogens is 2. The number of hydrogen-bond acceptors (Lipinski definition) is 5. The normalized spacial score (nSPS) is 14.4. The molecule has 1 aliphatic rings. The highest BCUT2D eigenvalue weighted by Crippen LogP contribution is 2.29. The van der Waals surface area contributed by atoms with Gasteiger partial charge in [0.15, 0.2) is 5.76 Å². The molecule has 0 saturated carbocycles. The number of nitrogens with zero attached hydrogens (tertiary/aromatic N) is 3. The van der Waals surface area contributed by atoms with Crippen molar-refractivity contribution in [3.05, 3.63) is 52.5 Å². The average molecular weight is 379 g/mol. The summed E-state index contributed by atoms with van der Waals surface area (Å²) < 4.78 is 10.5. The van der Waals surface area contributed by atoms with Gasteiger partial charge in [-0.2, -0.15) is 4.98 Å². The van der Waals surface area contributed by atoms with Crippen molar-refractivity contribution < 1.29 is 13.7 Å². The van der Waals surface area contributed by atoms with E-state index in [9.17, 15) is 4.79 Å². The lowest BCUT2D eigenvalue weighted by Crippen LogP contribution is -2.50. The van der Waals surface area contributed by atoms with Gasteiger partial charge in [-0.05, 0) is 30.3 Å². The fourth-order valence-electron chi connectivity index (χ4n) is 2.48. The Morgan fingerprint density at radius 2 is 2.08 bits per heavy atom. The van der Waals surface area contributed by atoms with Gasteiger partial charge < -0.3 is 19.2 Å². The molecule has 0 bridgehead atoms. The molecule has 0 atom stereocenters. The van der Waals surface area contributed by atoms with E-state index in [1.165, 1.54) is 0 Å². The summed E-state index contributed by atoms with van der Waals surface area (Å²) in [4.78, 5) is 18.2. The van der Waals surface area contributed by atoms with Crippen LogP contribution in [0.5, 0.6) is 0 Å². The molecular weight excluding hydrogens is 367 g/mol. The molecular formula is C16H12Cl2N4O3. The second-order valence-electron chi connectivity index (χ2n) is 5.59. The van der Waals surface area contributed by atoms with Crippen molar-refractivity contribution in [3.8, 4) is 11.6 Å². The van der Waals surface area contributed by atoms with E-state index in [1.807, 2.05) is 0 Å². The van der Waals surface area contributed by atoms with Crippen molar-refractivity contribution in [1.82, 2.24) is 15.0 Å². The largest absolute Gasteiger partial charge is 0.461 e. The van der Waals surface area contributed by atoms with Gasteiger partial charge in [0, 0.05) is 18.8 Å². The minimum absolute atomic E-state index is 0.00997. The Morgan fingerprint density at radius 3 is 2.80 bits per heavy atom. The Bertz CT molecular complexity index is 904. The van der Waals surface area contributed by atoms with Gasteiger partial charge in [0.25, 0.3) is 0 Å². The Morgan fingerprint density at radius 1 is 1.24 bits per heavy atom. The van der Waals surface area contributed by atoms with E-state index >= 15 is 0 Å². The summed E-state index contributed by atoms with van der Waals surface area (Å²) in [7, 11) is 0. The summed E-state index contributed by atoms with van der Waals surface area (Å²) in [5.41, 5.74) is 0.584. The fraction of sp³-hybridized carbons (Fsp3) is 0.188. The van der Waals surface area contributed by atoms with E-state index in [4.69, 9.17) is 32.1 Å². The molecule has 25 heavy (non-hydrogen) atoms. The molecule has 1 saturated heterocycles. The average Bonchev–Trinajstić information content (AvgIpc) is 3.20. The molecule has 1 aliphatic heterocycles. The van der Waals surface area contributed by atoms with Gasteiger partial charge in [-0.15, -0.1) is 0 Å². The van der Waals surface area contributed by atoms with Crippen LogP contribution < -0.4 is 5.32 Å². The Kier molecular flexibility index (Phi) is 4.10. The molecule has 0 unspecified atom stereocenters. The standard InChI is InChI=1S/C16H12Cl2N4O3/c17-11-4-3-10(6-12(11)18)19-16(23)22-7-9(8-22)15-20-14(21-25-15)13-2-1-5-24-13/h1-6,9H,7-8H2,(H,19,23). The van der Waals surface area contributed by atoms with Crippen LogP contribution >= 0.6 is 23.2 Å². The molecule has 3 heterocycles. The summed E-state index contributed by atoms with van der Waals surface area (Å²) >= 11 is 11.8. The monoisotopic (exact) mass is 378 g/mol. The van der Waals surface area contributed by atoms with Crippen molar-refractivity contribution in [2.75, 3.05) is 18.4 Å².